The molecule has 28 heavy (non-hydrogen) atoms. The molecule has 0 radical (unpaired) electrons. The molecule has 1 aromatic heterocycles. The molecular weight excluding hydrogens is 368 g/mol. The number of aliphatic hydroxyl groups is 3. The molecule has 5 N–H and O–H groups in total. The Morgan fingerprint density at radius 1 is 1.25 bits per heavy atom. The molecule has 1 saturated heterocycles. The third kappa shape index (κ3) is 2.96. The number of aliphatic carboxylic acids is 1. The number of nitrogens with one attached hydrogen (secondary N) is 1. The number of fused-ring (bicyclic) bond motifs is 3. The van der Waals surface area contributed by atoms with Crippen LogP contribution in [0.1, 0.15) is 18.2 Å². The molecule has 9 heteroatoms. The van der Waals surface area contributed by atoms with E-state index in [1.54, 1.807) is 12.1 Å². The van der Waals surface area contributed by atoms with Gasteiger partial charge in [-0.1, -0.05) is 0 Å². The molecule has 5 unspecified atom stereocenters. The molecule has 0 bridgehead atoms. The van der Waals surface area contributed by atoms with E-state index in [9.17, 15) is 20.1 Å². The van der Waals surface area contributed by atoms with Gasteiger partial charge in [-0.05, 0) is 17.7 Å². The van der Waals surface area contributed by atoms with Gasteiger partial charge in [0.2, 0.25) is 6.29 Å². The number of likely N-dealkylation sites (N-methyl/N-ethyl adjacent to an activating group) is 1. The first-order valence-corrected chi connectivity index (χ1v) is 9.06. The minimum Gasteiger partial charge on any atom is -0.479 e. The minimum atomic E-state index is -1.75. The van der Waals surface area contributed by atoms with Gasteiger partial charge in [-0.25, -0.2) is 9.37 Å². The number of aliphatic hydroxyl groups excluding tert-OH is 3. The van der Waals surface area contributed by atoms with Crippen molar-refractivity contribution in [3.05, 3.63) is 29.5 Å². The molecule has 0 saturated carbocycles. The SMILES string of the molecule is CC1=[N+](C)CCc2c1[nH]c1cc(OC3OC(C(=O)O)C(O)C(O)C3O)ccc21. The molecule has 2 aliphatic rings. The highest BCUT2D eigenvalue weighted by molar-refractivity contribution is 6.02. The highest BCUT2D eigenvalue weighted by Crippen LogP contribution is 2.30. The van der Waals surface area contributed by atoms with Gasteiger partial charge in [0.15, 0.2) is 11.8 Å². The summed E-state index contributed by atoms with van der Waals surface area (Å²) in [7, 11) is 2.04. The predicted octanol–water partition coefficient (Wildman–Crippen LogP) is -0.554. The molecule has 0 aliphatic carbocycles. The van der Waals surface area contributed by atoms with Crippen LogP contribution in [0.2, 0.25) is 0 Å². The molecule has 5 atom stereocenters. The number of H-pyrrole nitrogens is 1. The summed E-state index contributed by atoms with van der Waals surface area (Å²) in [5.41, 5.74) is 4.29. The van der Waals surface area contributed by atoms with Crippen LogP contribution in [0, 0.1) is 0 Å². The summed E-state index contributed by atoms with van der Waals surface area (Å²) in [6.07, 6.45) is -7.26. The van der Waals surface area contributed by atoms with Crippen LogP contribution in [0.3, 0.4) is 0 Å². The van der Waals surface area contributed by atoms with E-state index in [2.05, 4.69) is 16.5 Å². The van der Waals surface area contributed by atoms with Gasteiger partial charge >= 0.3 is 5.97 Å². The van der Waals surface area contributed by atoms with Gasteiger partial charge in [0, 0.05) is 24.8 Å². The molecule has 2 aliphatic heterocycles. The zero-order valence-corrected chi connectivity index (χ0v) is 15.5. The Morgan fingerprint density at radius 2 is 2.00 bits per heavy atom. The lowest BCUT2D eigenvalue weighted by molar-refractivity contribution is -0.498. The second-order valence-corrected chi connectivity index (χ2v) is 7.30. The van der Waals surface area contributed by atoms with E-state index in [1.807, 2.05) is 13.1 Å². The molecule has 3 heterocycles. The van der Waals surface area contributed by atoms with E-state index in [4.69, 9.17) is 14.6 Å². The summed E-state index contributed by atoms with van der Waals surface area (Å²) in [5.74, 6) is -1.11. The molecule has 1 fully saturated rings. The third-order valence-electron chi connectivity index (χ3n) is 5.57. The Balaban J connectivity index is 1.62. The maximum absolute atomic E-state index is 11.2. The molecule has 2 aromatic rings. The van der Waals surface area contributed by atoms with Crippen molar-refractivity contribution in [2.24, 2.45) is 0 Å². The van der Waals surface area contributed by atoms with Crippen LogP contribution >= 0.6 is 0 Å². The predicted molar refractivity (Wildman–Crippen MR) is 97.8 cm³/mol. The maximum atomic E-state index is 11.2. The number of carbonyl (C=O) groups is 1. The van der Waals surface area contributed by atoms with Crippen molar-refractivity contribution in [1.29, 1.82) is 0 Å². The van der Waals surface area contributed by atoms with Crippen molar-refractivity contribution in [3.63, 3.8) is 0 Å². The molecule has 1 aromatic carbocycles. The van der Waals surface area contributed by atoms with Crippen LogP contribution in [0.5, 0.6) is 5.75 Å². The van der Waals surface area contributed by atoms with Crippen molar-refractivity contribution in [1.82, 2.24) is 4.98 Å². The lowest BCUT2D eigenvalue weighted by Crippen LogP contribution is -2.61. The summed E-state index contributed by atoms with van der Waals surface area (Å²) in [5, 5.41) is 40.0. The number of hydrogen-bond donors (Lipinski definition) is 5. The summed E-state index contributed by atoms with van der Waals surface area (Å²) >= 11 is 0. The number of carboxylic acids is 1. The fourth-order valence-corrected chi connectivity index (χ4v) is 3.80. The van der Waals surface area contributed by atoms with Crippen molar-refractivity contribution < 1.29 is 39.3 Å². The van der Waals surface area contributed by atoms with Crippen LogP contribution in [0.4, 0.5) is 0 Å². The fourth-order valence-electron chi connectivity index (χ4n) is 3.80. The summed E-state index contributed by atoms with van der Waals surface area (Å²) < 4.78 is 13.0. The largest absolute Gasteiger partial charge is 0.479 e. The lowest BCUT2D eigenvalue weighted by atomic mass is 9.99. The highest BCUT2D eigenvalue weighted by Gasteiger charge is 2.48. The van der Waals surface area contributed by atoms with Crippen LogP contribution in [0.15, 0.2) is 18.2 Å². The first-order valence-electron chi connectivity index (χ1n) is 9.06. The smallest absolute Gasteiger partial charge is 0.335 e. The zero-order chi connectivity index (χ0) is 20.2. The van der Waals surface area contributed by atoms with Gasteiger partial charge < -0.3 is 34.9 Å². The van der Waals surface area contributed by atoms with Gasteiger partial charge in [0.05, 0.1) is 5.52 Å². The van der Waals surface area contributed by atoms with Crippen LogP contribution in [0.25, 0.3) is 10.9 Å². The molecule has 0 spiro atoms. The topological polar surface area (TPSA) is 135 Å². The van der Waals surface area contributed by atoms with Crippen molar-refractivity contribution >= 4 is 22.6 Å². The lowest BCUT2D eigenvalue weighted by Gasteiger charge is -2.38. The first-order chi connectivity index (χ1) is 13.3. The number of aromatic nitrogens is 1. The van der Waals surface area contributed by atoms with Gasteiger partial charge in [0.25, 0.3) is 0 Å². The average Bonchev–Trinajstić information content (AvgIpc) is 3.03. The van der Waals surface area contributed by atoms with Gasteiger partial charge in [-0.3, -0.25) is 0 Å². The Kier molecular flexibility index (Phi) is 4.62. The summed E-state index contributed by atoms with van der Waals surface area (Å²) in [4.78, 5) is 14.6. The Labute approximate surface area is 160 Å². The van der Waals surface area contributed by atoms with E-state index in [-0.39, 0.29) is 0 Å². The number of benzene rings is 1. The summed E-state index contributed by atoms with van der Waals surface area (Å²) in [6, 6.07) is 5.34. The Morgan fingerprint density at radius 3 is 2.71 bits per heavy atom. The molecule has 9 nitrogen and oxygen atoms in total. The van der Waals surface area contributed by atoms with Crippen LogP contribution in [-0.4, -0.2) is 86.0 Å². The molecular formula is C19H23N2O7+. The minimum absolute atomic E-state index is 0.342. The van der Waals surface area contributed by atoms with E-state index < -0.39 is 36.7 Å². The molecule has 0 amide bonds. The molecule has 150 valence electrons. The number of carboxylic acid groups (broad SMARTS) is 1. The van der Waals surface area contributed by atoms with E-state index in [0.29, 0.717) is 5.75 Å². The van der Waals surface area contributed by atoms with Crippen LogP contribution < -0.4 is 4.74 Å². The van der Waals surface area contributed by atoms with E-state index in [0.717, 1.165) is 35.3 Å². The number of aromatic amines is 1. The van der Waals surface area contributed by atoms with E-state index in [1.165, 1.54) is 5.56 Å². The first kappa shape index (κ1) is 18.9. The summed E-state index contributed by atoms with van der Waals surface area (Å²) in [6.45, 7) is 2.98. The van der Waals surface area contributed by atoms with Gasteiger partial charge in [-0.2, -0.15) is 0 Å². The van der Waals surface area contributed by atoms with E-state index >= 15 is 0 Å². The second-order valence-electron chi connectivity index (χ2n) is 7.30. The standard InChI is InChI=1S/C19H22N2O7/c1-8-13-11(5-6-21(8)2)10-4-3-9(7-12(10)20-13)27-19-16(24)14(22)15(23)17(28-19)18(25)26/h3-4,7,14-17,19,22-24H,5-6H2,1-2H3,(H,25,26)/p+1. The maximum Gasteiger partial charge on any atom is 0.335 e. The Bertz CT molecular complexity index is 967. The zero-order valence-electron chi connectivity index (χ0n) is 15.5. The van der Waals surface area contributed by atoms with Crippen molar-refractivity contribution in [2.45, 2.75) is 44.1 Å². The van der Waals surface area contributed by atoms with Crippen molar-refractivity contribution in [3.8, 4) is 5.75 Å². The second kappa shape index (κ2) is 6.85. The number of hydrogen-bond acceptors (Lipinski definition) is 6. The number of rotatable bonds is 3. The highest BCUT2D eigenvalue weighted by atomic mass is 16.7. The normalized spacial score (nSPS) is 30.4. The molecule has 4 rings (SSSR count). The third-order valence-corrected chi connectivity index (χ3v) is 5.57. The van der Waals surface area contributed by atoms with Gasteiger partial charge in [-0.15, -0.1) is 0 Å². The van der Waals surface area contributed by atoms with Crippen molar-refractivity contribution in [2.75, 3.05) is 13.6 Å². The average molecular weight is 391 g/mol. The fraction of sp³-hybridized carbons (Fsp3) is 0.474. The monoisotopic (exact) mass is 391 g/mol. The number of ether oxygens (including phenoxy) is 2. The van der Waals surface area contributed by atoms with Crippen LogP contribution in [-0.2, 0) is 16.0 Å². The van der Waals surface area contributed by atoms with Gasteiger partial charge in [0.1, 0.15) is 43.3 Å². The Hall–Kier alpha value is -2.46. The number of nitrogens with zero attached hydrogens (tertiary/aromatic N) is 1. The quantitative estimate of drug-likeness (QED) is 0.443.